The van der Waals surface area contributed by atoms with Crippen molar-refractivity contribution in [2.45, 2.75) is 19.4 Å². The van der Waals surface area contributed by atoms with Crippen molar-refractivity contribution in [2.24, 2.45) is 5.73 Å². The van der Waals surface area contributed by atoms with Gasteiger partial charge in [-0.3, -0.25) is 19.7 Å². The van der Waals surface area contributed by atoms with Gasteiger partial charge >= 0.3 is 5.97 Å². The summed E-state index contributed by atoms with van der Waals surface area (Å²) in [5.74, 6) is -1.89. The number of carbonyl (C=O) groups is 2. The lowest BCUT2D eigenvalue weighted by Crippen LogP contribution is -2.23. The van der Waals surface area contributed by atoms with E-state index < -0.39 is 22.8 Å². The lowest BCUT2D eigenvalue weighted by molar-refractivity contribution is -0.385. The Morgan fingerprint density at radius 1 is 1.63 bits per heavy atom. The van der Waals surface area contributed by atoms with Crippen LogP contribution in [0.2, 0.25) is 0 Å². The molecule has 0 aliphatic rings. The van der Waals surface area contributed by atoms with Crippen molar-refractivity contribution in [3.63, 3.8) is 0 Å². The van der Waals surface area contributed by atoms with E-state index in [-0.39, 0.29) is 23.5 Å². The van der Waals surface area contributed by atoms with Gasteiger partial charge in [-0.05, 0) is 6.92 Å². The number of nitro groups is 1. The second kappa shape index (κ2) is 5.76. The summed E-state index contributed by atoms with van der Waals surface area (Å²) in [6.07, 6.45) is 0.763. The molecule has 0 aromatic carbocycles. The predicted molar refractivity (Wildman–Crippen MR) is 64.7 cm³/mol. The molecule has 0 aliphatic carbocycles. The van der Waals surface area contributed by atoms with E-state index in [1.807, 2.05) is 0 Å². The van der Waals surface area contributed by atoms with E-state index in [4.69, 9.17) is 10.8 Å². The summed E-state index contributed by atoms with van der Waals surface area (Å²) >= 11 is 0. The molecule has 9 nitrogen and oxygen atoms in total. The van der Waals surface area contributed by atoms with Crippen LogP contribution in [0.4, 0.5) is 11.5 Å². The third-order valence-electron chi connectivity index (χ3n) is 2.21. The molecule has 1 amide bonds. The number of nitrogens with one attached hydrogen (secondary N) is 1. The molecule has 19 heavy (non-hydrogen) atoms. The molecule has 102 valence electrons. The normalized spacial score (nSPS) is 11.6. The number of nitrogens with zero attached hydrogens (tertiary/aromatic N) is 2. The number of primary amides is 1. The number of carboxylic acid groups (broad SMARTS) is 1. The van der Waals surface area contributed by atoms with E-state index in [2.05, 4.69) is 10.3 Å². The van der Waals surface area contributed by atoms with E-state index in [1.54, 1.807) is 6.92 Å². The zero-order valence-electron chi connectivity index (χ0n) is 9.99. The molecule has 1 aromatic heterocycles. The predicted octanol–water partition coefficient (Wildman–Crippen LogP) is 0.364. The Morgan fingerprint density at radius 3 is 2.74 bits per heavy atom. The minimum atomic E-state index is -1.03. The highest BCUT2D eigenvalue weighted by atomic mass is 16.6. The second-order valence-electron chi connectivity index (χ2n) is 3.85. The third-order valence-corrected chi connectivity index (χ3v) is 2.21. The topological polar surface area (TPSA) is 148 Å². The van der Waals surface area contributed by atoms with Gasteiger partial charge in [-0.25, -0.2) is 4.98 Å². The van der Waals surface area contributed by atoms with Gasteiger partial charge in [0.25, 0.3) is 11.6 Å². The van der Waals surface area contributed by atoms with Crippen molar-refractivity contribution >= 4 is 23.4 Å². The van der Waals surface area contributed by atoms with Gasteiger partial charge in [0.2, 0.25) is 0 Å². The Balaban J connectivity index is 3.03. The number of nitrogens with two attached hydrogens (primary N) is 1. The van der Waals surface area contributed by atoms with Gasteiger partial charge in [-0.2, -0.15) is 0 Å². The van der Waals surface area contributed by atoms with Crippen LogP contribution in [-0.2, 0) is 4.79 Å². The number of hydrogen-bond acceptors (Lipinski definition) is 6. The average molecular weight is 268 g/mol. The maximum Gasteiger partial charge on any atom is 0.305 e. The Kier molecular flexibility index (Phi) is 4.35. The maximum absolute atomic E-state index is 11.2. The molecule has 0 fully saturated rings. The molecule has 9 heteroatoms. The number of pyridine rings is 1. The van der Waals surface area contributed by atoms with E-state index in [0.717, 1.165) is 12.3 Å². The van der Waals surface area contributed by atoms with Gasteiger partial charge in [0, 0.05) is 12.1 Å². The number of amides is 1. The van der Waals surface area contributed by atoms with E-state index in [1.165, 1.54) is 0 Å². The van der Waals surface area contributed by atoms with Crippen molar-refractivity contribution in [1.29, 1.82) is 0 Å². The number of anilines is 1. The van der Waals surface area contributed by atoms with Crippen LogP contribution in [0.3, 0.4) is 0 Å². The van der Waals surface area contributed by atoms with E-state index >= 15 is 0 Å². The van der Waals surface area contributed by atoms with Crippen molar-refractivity contribution < 1.29 is 19.6 Å². The van der Waals surface area contributed by atoms with Crippen LogP contribution >= 0.6 is 0 Å². The van der Waals surface area contributed by atoms with E-state index in [0.29, 0.717) is 0 Å². The molecule has 1 rings (SSSR count). The van der Waals surface area contributed by atoms with Crippen LogP contribution in [0.1, 0.15) is 23.7 Å². The highest BCUT2D eigenvalue weighted by molar-refractivity contribution is 5.98. The lowest BCUT2D eigenvalue weighted by Gasteiger charge is -2.14. The first-order valence-electron chi connectivity index (χ1n) is 5.23. The SMILES string of the molecule is CC(CC(=O)O)Nc1ncc([N+](=O)[O-])cc1C(N)=O. The summed E-state index contributed by atoms with van der Waals surface area (Å²) in [5, 5.41) is 21.9. The van der Waals surface area contributed by atoms with Crippen molar-refractivity contribution in [3.05, 3.63) is 27.9 Å². The summed E-state index contributed by atoms with van der Waals surface area (Å²) < 4.78 is 0. The molecule has 0 saturated carbocycles. The molecule has 0 aliphatic heterocycles. The Bertz CT molecular complexity index is 531. The molecule has 0 spiro atoms. The number of hydrogen-bond donors (Lipinski definition) is 3. The Morgan fingerprint density at radius 2 is 2.26 bits per heavy atom. The fourth-order valence-electron chi connectivity index (χ4n) is 1.40. The molecule has 0 saturated heterocycles. The first-order valence-corrected chi connectivity index (χ1v) is 5.23. The molecule has 1 aromatic rings. The quantitative estimate of drug-likeness (QED) is 0.498. The summed E-state index contributed by atoms with van der Waals surface area (Å²) in [5.41, 5.74) is 4.57. The van der Waals surface area contributed by atoms with Crippen molar-refractivity contribution in [1.82, 2.24) is 4.98 Å². The van der Waals surface area contributed by atoms with Gasteiger partial charge < -0.3 is 16.2 Å². The summed E-state index contributed by atoms with van der Waals surface area (Å²) in [7, 11) is 0. The number of carboxylic acids is 1. The maximum atomic E-state index is 11.2. The number of aromatic nitrogens is 1. The zero-order valence-corrected chi connectivity index (χ0v) is 9.99. The Labute approximate surface area is 107 Å². The minimum absolute atomic E-state index is 0.0202. The monoisotopic (exact) mass is 268 g/mol. The summed E-state index contributed by atoms with van der Waals surface area (Å²) in [4.78, 5) is 35.3. The average Bonchev–Trinajstić information content (AvgIpc) is 2.27. The van der Waals surface area contributed by atoms with Gasteiger partial charge in [-0.1, -0.05) is 0 Å². The van der Waals surface area contributed by atoms with Crippen LogP contribution in [0, 0.1) is 10.1 Å². The zero-order chi connectivity index (χ0) is 14.6. The molecule has 0 bridgehead atoms. The van der Waals surface area contributed by atoms with Crippen molar-refractivity contribution in [3.8, 4) is 0 Å². The fourth-order valence-corrected chi connectivity index (χ4v) is 1.40. The third kappa shape index (κ3) is 3.91. The minimum Gasteiger partial charge on any atom is -0.481 e. The number of rotatable bonds is 6. The largest absolute Gasteiger partial charge is 0.481 e. The summed E-state index contributed by atoms with van der Waals surface area (Å²) in [6, 6.07) is 0.482. The number of aliphatic carboxylic acids is 1. The first kappa shape index (κ1) is 14.4. The highest BCUT2D eigenvalue weighted by Gasteiger charge is 2.18. The molecule has 1 atom stereocenters. The lowest BCUT2D eigenvalue weighted by atomic mass is 10.2. The van der Waals surface area contributed by atoms with Crippen LogP contribution in [0.15, 0.2) is 12.3 Å². The molecular formula is C10H12N4O5. The molecule has 4 N–H and O–H groups in total. The molecule has 0 radical (unpaired) electrons. The Hall–Kier alpha value is -2.71. The highest BCUT2D eigenvalue weighted by Crippen LogP contribution is 2.19. The van der Waals surface area contributed by atoms with Crippen LogP contribution < -0.4 is 11.1 Å². The van der Waals surface area contributed by atoms with E-state index in [9.17, 15) is 19.7 Å². The second-order valence-corrected chi connectivity index (χ2v) is 3.85. The van der Waals surface area contributed by atoms with Crippen LogP contribution in [-0.4, -0.2) is 32.9 Å². The van der Waals surface area contributed by atoms with Gasteiger partial charge in [-0.15, -0.1) is 0 Å². The van der Waals surface area contributed by atoms with Gasteiger partial charge in [0.15, 0.2) is 0 Å². The smallest absolute Gasteiger partial charge is 0.305 e. The fraction of sp³-hybridized carbons (Fsp3) is 0.300. The van der Waals surface area contributed by atoms with Crippen molar-refractivity contribution in [2.75, 3.05) is 5.32 Å². The van der Waals surface area contributed by atoms with Gasteiger partial charge in [0.1, 0.15) is 12.0 Å². The standard InChI is InChI=1S/C10H12N4O5/c1-5(2-8(15)16)13-10-7(9(11)17)3-6(4-12-10)14(18)19/h3-5H,2H2,1H3,(H2,11,17)(H,12,13)(H,15,16). The van der Waals surface area contributed by atoms with Crippen LogP contribution in [0.25, 0.3) is 0 Å². The molecular weight excluding hydrogens is 256 g/mol. The number of carbonyl (C=O) groups excluding carboxylic acids is 1. The van der Waals surface area contributed by atoms with Gasteiger partial charge in [0.05, 0.1) is 16.9 Å². The van der Waals surface area contributed by atoms with Crippen LogP contribution in [0.5, 0.6) is 0 Å². The summed E-state index contributed by atoms with van der Waals surface area (Å²) in [6.45, 7) is 1.57. The first-order chi connectivity index (χ1) is 8.81. The molecule has 1 unspecified atom stereocenters. The molecule has 1 heterocycles.